The maximum Gasteiger partial charge on any atom is 0.306 e. The molecule has 0 bridgehead atoms. The lowest BCUT2D eigenvalue weighted by molar-refractivity contribution is -0.167. The third-order valence-corrected chi connectivity index (χ3v) is 14.2. The second-order valence-corrected chi connectivity index (χ2v) is 21.6. The van der Waals surface area contributed by atoms with Gasteiger partial charge in [0.05, 0.1) is 0 Å². The molecule has 0 fully saturated rings. The molecular weight excluding hydrogens is 925 g/mol. The number of esters is 3. The molecule has 0 amide bonds. The van der Waals surface area contributed by atoms with Crippen molar-refractivity contribution in [3.8, 4) is 0 Å². The highest BCUT2D eigenvalue weighted by atomic mass is 16.6. The normalized spacial score (nSPS) is 12.5. The summed E-state index contributed by atoms with van der Waals surface area (Å²) in [4.78, 5) is 38.3. The van der Waals surface area contributed by atoms with Gasteiger partial charge < -0.3 is 14.2 Å². The standard InChI is InChI=1S/C69H122O6/c1-4-7-10-13-16-19-22-25-27-29-30-31-32-33-34-35-36-37-38-40-41-44-47-50-53-56-59-62-68(71)74-65-66(64-73-67(70)61-58-55-52-49-46-43-24-21-18-15-12-9-6-3)75-69(72)63-60-57-54-51-48-45-42-39-28-26-23-20-17-14-11-8-5-2/h8,11-12,15,17,20-21,24,26,28,42,45,66H,4-7,9-10,13-14,16,18-19,22-23,25,27,29-41,43-44,46-65H2,1-3H3/b11-8-,15-12-,20-17-,24-21-,28-26-,45-42-. The summed E-state index contributed by atoms with van der Waals surface area (Å²) in [5, 5.41) is 0. The van der Waals surface area contributed by atoms with Crippen LogP contribution in [0, 0.1) is 0 Å². The largest absolute Gasteiger partial charge is 0.462 e. The van der Waals surface area contributed by atoms with Gasteiger partial charge in [-0.25, -0.2) is 0 Å². The maximum absolute atomic E-state index is 12.9. The molecule has 0 saturated heterocycles. The predicted octanol–water partition coefficient (Wildman–Crippen LogP) is 22.1. The van der Waals surface area contributed by atoms with E-state index in [1.54, 1.807) is 0 Å². The average molecular weight is 1050 g/mol. The lowest BCUT2D eigenvalue weighted by Crippen LogP contribution is -2.30. The molecule has 0 saturated carbocycles. The molecular formula is C69H122O6. The summed E-state index contributed by atoms with van der Waals surface area (Å²) in [5.74, 6) is -0.913. The third-order valence-electron chi connectivity index (χ3n) is 14.2. The van der Waals surface area contributed by atoms with Gasteiger partial charge in [-0.05, 0) is 83.5 Å². The van der Waals surface area contributed by atoms with Crippen LogP contribution in [0.3, 0.4) is 0 Å². The third kappa shape index (κ3) is 61.6. The van der Waals surface area contributed by atoms with Crippen LogP contribution in [0.4, 0.5) is 0 Å². The van der Waals surface area contributed by atoms with E-state index >= 15 is 0 Å². The molecule has 6 nitrogen and oxygen atoms in total. The van der Waals surface area contributed by atoms with E-state index < -0.39 is 6.10 Å². The molecule has 0 spiro atoms. The van der Waals surface area contributed by atoms with Crippen LogP contribution in [0.15, 0.2) is 72.9 Å². The fourth-order valence-corrected chi connectivity index (χ4v) is 9.36. The van der Waals surface area contributed by atoms with Crippen molar-refractivity contribution in [3.05, 3.63) is 72.9 Å². The molecule has 434 valence electrons. The van der Waals surface area contributed by atoms with Crippen molar-refractivity contribution in [1.29, 1.82) is 0 Å². The Morgan fingerprint density at radius 3 is 0.867 bits per heavy atom. The number of hydrogen-bond donors (Lipinski definition) is 0. The van der Waals surface area contributed by atoms with Crippen molar-refractivity contribution >= 4 is 17.9 Å². The van der Waals surface area contributed by atoms with Gasteiger partial charge in [0.15, 0.2) is 6.10 Å². The van der Waals surface area contributed by atoms with E-state index in [-0.39, 0.29) is 31.1 Å². The van der Waals surface area contributed by atoms with Crippen LogP contribution in [0.25, 0.3) is 0 Å². The van der Waals surface area contributed by atoms with Gasteiger partial charge in [0.2, 0.25) is 0 Å². The highest BCUT2D eigenvalue weighted by Crippen LogP contribution is 2.18. The minimum absolute atomic E-state index is 0.0876. The summed E-state index contributed by atoms with van der Waals surface area (Å²) >= 11 is 0. The Bertz CT molecular complexity index is 1390. The first-order valence-electron chi connectivity index (χ1n) is 32.4. The quantitative estimate of drug-likeness (QED) is 0.0261. The summed E-state index contributed by atoms with van der Waals surface area (Å²) in [5.41, 5.74) is 0. The fraction of sp³-hybridized carbons (Fsp3) is 0.783. The van der Waals surface area contributed by atoms with E-state index in [0.717, 1.165) is 128 Å². The molecule has 0 aromatic heterocycles. The molecule has 75 heavy (non-hydrogen) atoms. The van der Waals surface area contributed by atoms with Gasteiger partial charge in [0.1, 0.15) is 13.2 Å². The molecule has 0 rings (SSSR count). The smallest absolute Gasteiger partial charge is 0.306 e. The van der Waals surface area contributed by atoms with E-state index in [2.05, 4.69) is 93.7 Å². The van der Waals surface area contributed by atoms with Gasteiger partial charge >= 0.3 is 17.9 Å². The topological polar surface area (TPSA) is 78.9 Å². The van der Waals surface area contributed by atoms with Gasteiger partial charge in [-0.2, -0.15) is 0 Å². The van der Waals surface area contributed by atoms with Gasteiger partial charge in [0.25, 0.3) is 0 Å². The van der Waals surface area contributed by atoms with Crippen molar-refractivity contribution in [2.75, 3.05) is 13.2 Å². The van der Waals surface area contributed by atoms with E-state index in [1.165, 1.54) is 161 Å². The van der Waals surface area contributed by atoms with Crippen molar-refractivity contribution in [1.82, 2.24) is 0 Å². The maximum atomic E-state index is 12.9. The second kappa shape index (κ2) is 63.4. The number of allylic oxidation sites excluding steroid dienone is 12. The summed E-state index contributed by atoms with van der Waals surface area (Å²) < 4.78 is 16.9. The molecule has 0 aliphatic heterocycles. The first-order valence-corrected chi connectivity index (χ1v) is 32.4. The number of carbonyl (C=O) groups excluding carboxylic acids is 3. The SMILES string of the molecule is CC/C=C\C/C=C\C/C=C\C/C=C\CCCCCCC(=O)OC(COC(=O)CCCCCCC/C=C\C/C=C\CCC)COC(=O)CCCCCCCCCCCCCCCCCCCCCCCCCCCCC. The number of ether oxygens (including phenoxy) is 3. The predicted molar refractivity (Wildman–Crippen MR) is 325 cm³/mol. The van der Waals surface area contributed by atoms with E-state index in [9.17, 15) is 14.4 Å². The average Bonchev–Trinajstić information content (AvgIpc) is 3.41. The van der Waals surface area contributed by atoms with E-state index in [4.69, 9.17) is 14.2 Å². The molecule has 0 aromatic rings. The first kappa shape index (κ1) is 71.8. The zero-order valence-electron chi connectivity index (χ0n) is 49.8. The van der Waals surface area contributed by atoms with Crippen LogP contribution < -0.4 is 0 Å². The van der Waals surface area contributed by atoms with Crippen LogP contribution in [-0.4, -0.2) is 37.2 Å². The van der Waals surface area contributed by atoms with Gasteiger partial charge in [-0.15, -0.1) is 0 Å². The van der Waals surface area contributed by atoms with Gasteiger partial charge in [-0.3, -0.25) is 14.4 Å². The van der Waals surface area contributed by atoms with Gasteiger partial charge in [0, 0.05) is 19.3 Å². The molecule has 0 radical (unpaired) electrons. The van der Waals surface area contributed by atoms with E-state index in [0.29, 0.717) is 19.3 Å². The molecule has 0 aliphatic carbocycles. The number of unbranched alkanes of at least 4 members (excludes halogenated alkanes) is 36. The molecule has 1 unspecified atom stereocenters. The monoisotopic (exact) mass is 1050 g/mol. The van der Waals surface area contributed by atoms with Crippen LogP contribution in [0.1, 0.15) is 329 Å². The van der Waals surface area contributed by atoms with Crippen molar-refractivity contribution in [2.24, 2.45) is 0 Å². The van der Waals surface area contributed by atoms with Crippen molar-refractivity contribution in [2.45, 2.75) is 335 Å². The van der Waals surface area contributed by atoms with E-state index in [1.807, 2.05) is 0 Å². The summed E-state index contributed by atoms with van der Waals surface area (Å²) in [6, 6.07) is 0. The van der Waals surface area contributed by atoms with Crippen LogP contribution in [0.5, 0.6) is 0 Å². The summed E-state index contributed by atoms with van der Waals surface area (Å²) in [7, 11) is 0. The lowest BCUT2D eigenvalue weighted by Gasteiger charge is -2.18. The molecule has 0 heterocycles. The Kier molecular flexibility index (Phi) is 60.7. The highest BCUT2D eigenvalue weighted by molar-refractivity contribution is 5.71. The molecule has 1 atom stereocenters. The Morgan fingerprint density at radius 1 is 0.280 bits per heavy atom. The zero-order chi connectivity index (χ0) is 54.3. The van der Waals surface area contributed by atoms with Crippen molar-refractivity contribution in [3.63, 3.8) is 0 Å². The highest BCUT2D eigenvalue weighted by Gasteiger charge is 2.19. The Hall–Kier alpha value is -3.15. The zero-order valence-corrected chi connectivity index (χ0v) is 49.8. The lowest BCUT2D eigenvalue weighted by atomic mass is 10.0. The number of rotatable bonds is 59. The molecule has 0 aliphatic rings. The second-order valence-electron chi connectivity index (χ2n) is 21.6. The number of carbonyl (C=O) groups is 3. The summed E-state index contributed by atoms with van der Waals surface area (Å²) in [6.45, 7) is 6.47. The molecule has 0 aromatic carbocycles. The van der Waals surface area contributed by atoms with Crippen LogP contribution >= 0.6 is 0 Å². The fourth-order valence-electron chi connectivity index (χ4n) is 9.36. The summed E-state index contributed by atoms with van der Waals surface area (Å²) in [6.07, 6.45) is 82.1. The van der Waals surface area contributed by atoms with Crippen molar-refractivity contribution < 1.29 is 28.6 Å². The van der Waals surface area contributed by atoms with Crippen LogP contribution in [-0.2, 0) is 28.6 Å². The Morgan fingerprint density at radius 2 is 0.547 bits per heavy atom. The molecule has 0 N–H and O–H groups in total. The van der Waals surface area contributed by atoms with Crippen LogP contribution in [0.2, 0.25) is 0 Å². The Labute approximate surface area is 465 Å². The molecule has 6 heteroatoms. The minimum atomic E-state index is -0.794. The first-order chi connectivity index (χ1) is 37.0. The van der Waals surface area contributed by atoms with Gasteiger partial charge in [-0.1, -0.05) is 299 Å². The Balaban J connectivity index is 4.25. The number of hydrogen-bond acceptors (Lipinski definition) is 6. The minimum Gasteiger partial charge on any atom is -0.462 e.